The van der Waals surface area contributed by atoms with Gasteiger partial charge < -0.3 is 49.3 Å². The van der Waals surface area contributed by atoms with E-state index in [0.717, 1.165) is 30.3 Å². The first kappa shape index (κ1) is 42.5. The molecule has 0 unspecified atom stereocenters. The van der Waals surface area contributed by atoms with E-state index in [1.165, 1.54) is 4.90 Å². The SMILES string of the molecule is C[N+](C)(C)CCCOC(=O)CCNC(=O)CCOCCOCCOCCN(C(N)=O)C(=O)C(=O)N1CCCC1.O=C([O-])C(F)(F)F. The maximum atomic E-state index is 12.2. The molecule has 0 aromatic rings. The zero-order valence-electron chi connectivity index (χ0n) is 26.6. The average Bonchev–Trinajstić information content (AvgIpc) is 3.49. The maximum Gasteiger partial charge on any atom is 0.430 e. The molecule has 0 saturated carbocycles. The van der Waals surface area contributed by atoms with E-state index < -0.39 is 30.0 Å². The Morgan fingerprint density at radius 2 is 1.39 bits per heavy atom. The van der Waals surface area contributed by atoms with Gasteiger partial charge in [-0.1, -0.05) is 0 Å². The smallest absolute Gasteiger partial charge is 0.430 e. The quantitative estimate of drug-likeness (QED) is 0.0691. The van der Waals surface area contributed by atoms with E-state index in [0.29, 0.717) is 31.2 Å². The molecule has 1 rings (SSSR count). The van der Waals surface area contributed by atoms with Gasteiger partial charge in [0.05, 0.1) is 86.9 Å². The summed E-state index contributed by atoms with van der Waals surface area (Å²) in [4.78, 5) is 70.3. The van der Waals surface area contributed by atoms with Crippen LogP contribution in [0.25, 0.3) is 0 Å². The van der Waals surface area contributed by atoms with Crippen LogP contribution in [0.5, 0.6) is 0 Å². The molecule has 266 valence electrons. The largest absolute Gasteiger partial charge is 0.542 e. The molecule has 0 aromatic heterocycles. The summed E-state index contributed by atoms with van der Waals surface area (Å²) < 4.78 is 53.6. The van der Waals surface area contributed by atoms with Crippen molar-refractivity contribution < 1.29 is 70.5 Å². The molecule has 0 radical (unpaired) electrons. The number of amides is 5. The van der Waals surface area contributed by atoms with Crippen LogP contribution in [-0.4, -0.2) is 156 Å². The first-order valence-electron chi connectivity index (χ1n) is 14.6. The van der Waals surface area contributed by atoms with E-state index in [1.54, 1.807) is 0 Å². The number of hydrogen-bond donors (Lipinski definition) is 2. The van der Waals surface area contributed by atoms with E-state index in [-0.39, 0.29) is 70.8 Å². The monoisotopic (exact) mass is 673 g/mol. The third kappa shape index (κ3) is 22.0. The topological polar surface area (TPSA) is 207 Å². The molecule has 1 saturated heterocycles. The fourth-order valence-corrected chi connectivity index (χ4v) is 3.53. The highest BCUT2D eigenvalue weighted by Crippen LogP contribution is 2.11. The van der Waals surface area contributed by atoms with Gasteiger partial charge in [0, 0.05) is 32.5 Å². The summed E-state index contributed by atoms with van der Waals surface area (Å²) >= 11 is 0. The minimum atomic E-state index is -5.19. The number of rotatable bonds is 19. The highest BCUT2D eigenvalue weighted by atomic mass is 19.4. The van der Waals surface area contributed by atoms with Gasteiger partial charge >= 0.3 is 30.0 Å². The lowest BCUT2D eigenvalue weighted by Crippen LogP contribution is -2.50. The number of halogens is 3. The van der Waals surface area contributed by atoms with Crippen molar-refractivity contribution in [3.05, 3.63) is 0 Å². The number of carboxylic acids is 1. The molecule has 0 bridgehead atoms. The number of imide groups is 1. The van der Waals surface area contributed by atoms with Crippen LogP contribution in [0.15, 0.2) is 0 Å². The third-order valence-corrected chi connectivity index (χ3v) is 5.88. The van der Waals surface area contributed by atoms with Crippen LogP contribution in [-0.2, 0) is 42.9 Å². The number of nitrogens with zero attached hydrogens (tertiary/aromatic N) is 3. The summed E-state index contributed by atoms with van der Waals surface area (Å²) in [5.74, 6) is -5.23. The van der Waals surface area contributed by atoms with E-state index in [4.69, 9.17) is 34.6 Å². The number of likely N-dealkylation sites (tertiary alicyclic amines) is 1. The average molecular weight is 674 g/mol. The highest BCUT2D eigenvalue weighted by Gasteiger charge is 2.31. The number of carbonyl (C=O) groups is 6. The number of esters is 1. The second kappa shape index (κ2) is 22.9. The zero-order valence-corrected chi connectivity index (χ0v) is 26.6. The van der Waals surface area contributed by atoms with Crippen LogP contribution in [0.2, 0.25) is 0 Å². The van der Waals surface area contributed by atoms with E-state index in [1.807, 2.05) is 0 Å². The number of hydrogen-bond acceptors (Lipinski definition) is 11. The number of nitrogens with two attached hydrogens (primary N) is 1. The summed E-state index contributed by atoms with van der Waals surface area (Å²) in [5.41, 5.74) is 5.24. The third-order valence-electron chi connectivity index (χ3n) is 5.88. The number of aliphatic carboxylic acids is 1. The Balaban J connectivity index is 0.00000258. The maximum absolute atomic E-state index is 12.2. The molecule has 3 N–H and O–H groups in total. The first-order valence-corrected chi connectivity index (χ1v) is 14.6. The second-order valence-electron chi connectivity index (χ2n) is 10.9. The van der Waals surface area contributed by atoms with Gasteiger partial charge in [0.15, 0.2) is 0 Å². The molecule has 1 heterocycles. The van der Waals surface area contributed by atoms with Crippen LogP contribution in [0, 0.1) is 0 Å². The Morgan fingerprint density at radius 1 is 0.870 bits per heavy atom. The Morgan fingerprint density at radius 3 is 1.89 bits per heavy atom. The summed E-state index contributed by atoms with van der Waals surface area (Å²) in [5, 5.41) is 11.4. The van der Waals surface area contributed by atoms with Crippen LogP contribution < -0.4 is 16.2 Å². The number of carboxylic acid groups (broad SMARTS) is 1. The molecule has 1 aliphatic rings. The number of carbonyl (C=O) groups excluding carboxylic acids is 6. The lowest BCUT2D eigenvalue weighted by atomic mass is 10.3. The van der Waals surface area contributed by atoms with Crippen LogP contribution >= 0.6 is 0 Å². The molecule has 1 aliphatic heterocycles. The summed E-state index contributed by atoms with van der Waals surface area (Å²) in [6.45, 7) is 3.65. The number of nitrogens with one attached hydrogen (secondary N) is 1. The van der Waals surface area contributed by atoms with Crippen molar-refractivity contribution in [3.8, 4) is 0 Å². The fourth-order valence-electron chi connectivity index (χ4n) is 3.53. The number of ether oxygens (including phenoxy) is 4. The van der Waals surface area contributed by atoms with Gasteiger partial charge in [-0.3, -0.25) is 24.1 Å². The molecular formula is C27H46F3N5O11. The predicted octanol–water partition coefficient (Wildman–Crippen LogP) is -1.60. The summed E-state index contributed by atoms with van der Waals surface area (Å²) in [6, 6.07) is -0.998. The Labute approximate surface area is 265 Å². The number of alkyl halides is 3. The van der Waals surface area contributed by atoms with Crippen molar-refractivity contribution in [2.45, 2.75) is 38.3 Å². The lowest BCUT2D eigenvalue weighted by molar-refractivity contribution is -0.870. The minimum absolute atomic E-state index is 0.0191. The van der Waals surface area contributed by atoms with E-state index in [2.05, 4.69) is 26.5 Å². The van der Waals surface area contributed by atoms with Crippen molar-refractivity contribution in [1.82, 2.24) is 15.1 Å². The lowest BCUT2D eigenvalue weighted by Gasteiger charge is -2.23. The Kier molecular flexibility index (Phi) is 21.1. The van der Waals surface area contributed by atoms with Gasteiger partial charge in [-0.2, -0.15) is 13.2 Å². The molecule has 5 amide bonds. The van der Waals surface area contributed by atoms with Crippen LogP contribution in [0.1, 0.15) is 32.1 Å². The molecule has 0 aromatic carbocycles. The Hall–Kier alpha value is -3.55. The molecule has 19 heteroatoms. The van der Waals surface area contributed by atoms with E-state index >= 15 is 0 Å². The molecule has 0 aliphatic carbocycles. The van der Waals surface area contributed by atoms with Gasteiger partial charge in [-0.15, -0.1) is 0 Å². The molecule has 46 heavy (non-hydrogen) atoms. The number of primary amides is 1. The first-order chi connectivity index (χ1) is 21.5. The van der Waals surface area contributed by atoms with Crippen molar-refractivity contribution in [2.24, 2.45) is 5.73 Å². The summed E-state index contributed by atoms with van der Waals surface area (Å²) in [7, 11) is 6.22. The van der Waals surface area contributed by atoms with Crippen molar-refractivity contribution >= 4 is 35.7 Å². The predicted molar refractivity (Wildman–Crippen MR) is 151 cm³/mol. The molecule has 16 nitrogen and oxygen atoms in total. The van der Waals surface area contributed by atoms with Crippen molar-refractivity contribution in [2.75, 3.05) is 100 Å². The van der Waals surface area contributed by atoms with Gasteiger partial charge in [0.25, 0.3) is 0 Å². The molecule has 1 fully saturated rings. The minimum Gasteiger partial charge on any atom is -0.542 e. The fraction of sp³-hybridized carbons (Fsp3) is 0.778. The molecular weight excluding hydrogens is 627 g/mol. The highest BCUT2D eigenvalue weighted by molar-refractivity contribution is 6.37. The van der Waals surface area contributed by atoms with Gasteiger partial charge in [-0.05, 0) is 12.8 Å². The Bertz CT molecular complexity index is 972. The van der Waals surface area contributed by atoms with Crippen LogP contribution in [0.4, 0.5) is 18.0 Å². The second-order valence-corrected chi connectivity index (χ2v) is 10.9. The van der Waals surface area contributed by atoms with Crippen LogP contribution in [0.3, 0.4) is 0 Å². The normalized spacial score (nSPS) is 13.0. The number of urea groups is 1. The molecule has 0 spiro atoms. The van der Waals surface area contributed by atoms with Crippen molar-refractivity contribution in [1.29, 1.82) is 0 Å². The van der Waals surface area contributed by atoms with Gasteiger partial charge in [0.1, 0.15) is 5.97 Å². The molecule has 0 atom stereocenters. The zero-order chi connectivity index (χ0) is 35.2. The summed E-state index contributed by atoms with van der Waals surface area (Å²) in [6.07, 6.45) is -2.46. The standard InChI is InChI=1S/C25H45N5O9.C2HF3O2/c1-30(2,3)13-6-14-39-22(32)7-9-27-21(31)8-15-36-17-19-38-20-18-37-16-12-29(25(26)35)24(34)23(33)28-10-4-5-11-28;3-2(4,5)1(6)7/h4-20H2,1-3H3,(H2-,26,27,31,35);(H,6,7). The van der Waals surface area contributed by atoms with Gasteiger partial charge in [-0.25, -0.2) is 4.79 Å². The number of quaternary nitrogens is 1. The van der Waals surface area contributed by atoms with Crippen molar-refractivity contribution in [3.63, 3.8) is 0 Å². The van der Waals surface area contributed by atoms with E-state index in [9.17, 15) is 37.1 Å². The van der Waals surface area contributed by atoms with Gasteiger partial charge in [0.2, 0.25) is 5.91 Å².